The summed E-state index contributed by atoms with van der Waals surface area (Å²) in [6.45, 7) is 2.44. The molecule has 5 nitrogen and oxygen atoms in total. The molecule has 212 valence electrons. The quantitative estimate of drug-likeness (QED) is 0.221. The van der Waals surface area contributed by atoms with Crippen molar-refractivity contribution in [2.24, 2.45) is 4.99 Å². The van der Waals surface area contributed by atoms with Crippen molar-refractivity contribution in [2.75, 3.05) is 7.05 Å². The molecule has 0 spiro atoms. The van der Waals surface area contributed by atoms with Gasteiger partial charge in [-0.3, -0.25) is 9.56 Å². The van der Waals surface area contributed by atoms with Crippen LogP contribution in [0.25, 0.3) is 5.69 Å². The predicted octanol–water partition coefficient (Wildman–Crippen LogP) is 8.76. The lowest BCUT2D eigenvalue weighted by molar-refractivity contribution is 0.471. The van der Waals surface area contributed by atoms with Gasteiger partial charge in [-0.2, -0.15) is 0 Å². The molecular formula is C34H30Cl3N5. The highest BCUT2D eigenvalue weighted by molar-refractivity contribution is 6.42. The Balaban J connectivity index is 0.000000151. The second-order valence-corrected chi connectivity index (χ2v) is 11.7. The molecule has 1 aliphatic heterocycles. The van der Waals surface area contributed by atoms with Gasteiger partial charge in [0.1, 0.15) is 12.4 Å². The summed E-state index contributed by atoms with van der Waals surface area (Å²) >= 11 is 18.4. The van der Waals surface area contributed by atoms with Crippen molar-refractivity contribution in [3.8, 4) is 5.69 Å². The summed E-state index contributed by atoms with van der Waals surface area (Å²) in [6.07, 6.45) is 2.26. The number of aromatic nitrogens is 3. The van der Waals surface area contributed by atoms with Crippen molar-refractivity contribution in [1.82, 2.24) is 20.1 Å². The van der Waals surface area contributed by atoms with Crippen LogP contribution in [-0.2, 0) is 6.54 Å². The first-order valence-electron chi connectivity index (χ1n) is 14.0. The third kappa shape index (κ3) is 5.62. The maximum atomic E-state index is 6.23. The third-order valence-corrected chi connectivity index (χ3v) is 8.93. The molecule has 8 heteroatoms. The molecule has 0 fully saturated rings. The van der Waals surface area contributed by atoms with Crippen LogP contribution in [0.2, 0.25) is 15.1 Å². The van der Waals surface area contributed by atoms with Gasteiger partial charge < -0.3 is 5.32 Å². The number of nitrogens with zero attached hydrogens (tertiary/aromatic N) is 4. The molecule has 1 aromatic heterocycles. The SMILES string of the molecule is CN[C@H]1CC[C@@H](c2ccc(Cl)c(Cl)c2)c2ccccc21.Cc1nnc2n1-c1ccc(Cl)cc1C(c1ccccc1)=NC2. The average Bonchev–Trinajstić information content (AvgIpc) is 3.30. The molecular weight excluding hydrogens is 585 g/mol. The van der Waals surface area contributed by atoms with Gasteiger partial charge in [-0.1, -0.05) is 95.5 Å². The molecule has 7 rings (SSSR count). The number of nitrogens with one attached hydrogen (secondary N) is 1. The number of fused-ring (bicyclic) bond motifs is 4. The highest BCUT2D eigenvalue weighted by Gasteiger charge is 2.27. The Labute approximate surface area is 261 Å². The van der Waals surface area contributed by atoms with Gasteiger partial charge in [0.05, 0.1) is 21.4 Å². The van der Waals surface area contributed by atoms with Crippen molar-refractivity contribution in [3.63, 3.8) is 0 Å². The molecule has 1 aliphatic carbocycles. The molecule has 0 saturated carbocycles. The molecule has 0 radical (unpaired) electrons. The first kappa shape index (κ1) is 28.6. The van der Waals surface area contributed by atoms with E-state index in [0.29, 0.717) is 33.6 Å². The summed E-state index contributed by atoms with van der Waals surface area (Å²) in [4.78, 5) is 4.77. The van der Waals surface area contributed by atoms with Crippen LogP contribution < -0.4 is 5.32 Å². The zero-order valence-electron chi connectivity index (χ0n) is 23.4. The van der Waals surface area contributed by atoms with Gasteiger partial charge in [-0.25, -0.2) is 0 Å². The normalized spacial score (nSPS) is 17.1. The van der Waals surface area contributed by atoms with Gasteiger partial charge in [0.2, 0.25) is 0 Å². The average molecular weight is 615 g/mol. The van der Waals surface area contributed by atoms with E-state index >= 15 is 0 Å². The maximum absolute atomic E-state index is 6.23. The molecule has 0 bridgehead atoms. The molecule has 0 unspecified atom stereocenters. The van der Waals surface area contributed by atoms with E-state index in [-0.39, 0.29) is 0 Å². The highest BCUT2D eigenvalue weighted by Crippen LogP contribution is 2.42. The zero-order valence-corrected chi connectivity index (χ0v) is 25.6. The number of aliphatic imine (C=N–C) groups is 1. The number of rotatable bonds is 3. The number of aryl methyl sites for hydroxylation is 1. The first-order valence-corrected chi connectivity index (χ1v) is 15.1. The molecule has 2 aliphatic rings. The lowest BCUT2D eigenvalue weighted by atomic mass is 9.77. The van der Waals surface area contributed by atoms with Crippen LogP contribution >= 0.6 is 34.8 Å². The summed E-state index contributed by atoms with van der Waals surface area (Å²) in [5.74, 6) is 2.10. The van der Waals surface area contributed by atoms with E-state index < -0.39 is 0 Å². The van der Waals surface area contributed by atoms with E-state index in [2.05, 4.69) is 58.0 Å². The van der Waals surface area contributed by atoms with Crippen LogP contribution in [0.4, 0.5) is 0 Å². The van der Waals surface area contributed by atoms with Crippen LogP contribution in [0.3, 0.4) is 0 Å². The Morgan fingerprint density at radius 1 is 0.786 bits per heavy atom. The Hall–Kier alpha value is -3.48. The summed E-state index contributed by atoms with van der Waals surface area (Å²) in [6, 6.07) is 31.1. The molecule has 1 N–H and O–H groups in total. The van der Waals surface area contributed by atoms with Gasteiger partial charge in [0, 0.05) is 28.1 Å². The smallest absolute Gasteiger partial charge is 0.159 e. The summed E-state index contributed by atoms with van der Waals surface area (Å²) in [5, 5.41) is 13.8. The molecule has 0 saturated heterocycles. The van der Waals surface area contributed by atoms with Crippen LogP contribution in [-0.4, -0.2) is 27.5 Å². The van der Waals surface area contributed by atoms with Gasteiger partial charge in [0.25, 0.3) is 0 Å². The van der Waals surface area contributed by atoms with E-state index in [1.165, 1.54) is 16.7 Å². The second kappa shape index (κ2) is 12.4. The van der Waals surface area contributed by atoms with Gasteiger partial charge >= 0.3 is 0 Å². The molecule has 42 heavy (non-hydrogen) atoms. The topological polar surface area (TPSA) is 55.1 Å². The van der Waals surface area contributed by atoms with Crippen molar-refractivity contribution < 1.29 is 0 Å². The van der Waals surface area contributed by atoms with E-state index in [4.69, 9.17) is 39.8 Å². The van der Waals surface area contributed by atoms with E-state index in [0.717, 1.165) is 47.0 Å². The fourth-order valence-electron chi connectivity index (χ4n) is 5.96. The standard InChI is InChI=1S/C17H17Cl2N.C17H13ClN4/c1-20-17-9-7-12(13-4-2-3-5-14(13)17)11-6-8-15(18)16(19)10-11;1-11-20-21-16-10-19-17(12-5-3-2-4-6-12)14-9-13(18)7-8-15(14)22(11)16/h2-6,8,10,12,17,20H,7,9H2,1H3;2-9H,10H2,1H3/t12-,17-;/m0./s1. The second-order valence-electron chi connectivity index (χ2n) is 10.5. The lowest BCUT2D eigenvalue weighted by Gasteiger charge is -2.32. The monoisotopic (exact) mass is 613 g/mol. The van der Waals surface area contributed by atoms with Crippen molar-refractivity contribution >= 4 is 40.5 Å². The van der Waals surface area contributed by atoms with Gasteiger partial charge in [-0.15, -0.1) is 10.2 Å². The van der Waals surface area contributed by atoms with Gasteiger partial charge in [-0.05, 0) is 73.8 Å². The summed E-state index contributed by atoms with van der Waals surface area (Å²) < 4.78 is 2.05. The highest BCUT2D eigenvalue weighted by atomic mass is 35.5. The summed E-state index contributed by atoms with van der Waals surface area (Å²) in [7, 11) is 2.03. The Bertz CT molecular complexity index is 1760. The fourth-order valence-corrected chi connectivity index (χ4v) is 6.44. The Morgan fingerprint density at radius 3 is 2.31 bits per heavy atom. The van der Waals surface area contributed by atoms with Crippen LogP contribution in [0.15, 0.2) is 96.0 Å². The van der Waals surface area contributed by atoms with Crippen LogP contribution in [0.1, 0.15) is 64.3 Å². The summed E-state index contributed by atoms with van der Waals surface area (Å²) in [5.41, 5.74) is 8.07. The minimum absolute atomic E-state index is 0.408. The number of hydrogen-bond donors (Lipinski definition) is 1. The zero-order chi connectivity index (χ0) is 29.2. The molecule has 5 aromatic rings. The number of hydrogen-bond acceptors (Lipinski definition) is 4. The molecule has 2 atom stereocenters. The first-order chi connectivity index (χ1) is 20.4. The van der Waals surface area contributed by atoms with E-state index in [1.807, 2.05) is 67.1 Å². The van der Waals surface area contributed by atoms with E-state index in [1.54, 1.807) is 0 Å². The Morgan fingerprint density at radius 2 is 1.55 bits per heavy atom. The number of halogens is 3. The van der Waals surface area contributed by atoms with E-state index in [9.17, 15) is 0 Å². The van der Waals surface area contributed by atoms with Crippen molar-refractivity contribution in [1.29, 1.82) is 0 Å². The third-order valence-electron chi connectivity index (χ3n) is 7.96. The van der Waals surface area contributed by atoms with Crippen molar-refractivity contribution in [2.45, 2.75) is 38.3 Å². The Kier molecular flexibility index (Phi) is 8.45. The minimum Gasteiger partial charge on any atom is -0.313 e. The minimum atomic E-state index is 0.408. The molecule has 2 heterocycles. The maximum Gasteiger partial charge on any atom is 0.159 e. The fraction of sp³-hybridized carbons (Fsp3) is 0.206. The largest absolute Gasteiger partial charge is 0.313 e. The van der Waals surface area contributed by atoms with Crippen LogP contribution in [0.5, 0.6) is 0 Å². The molecule has 0 amide bonds. The van der Waals surface area contributed by atoms with Crippen molar-refractivity contribution in [3.05, 3.63) is 146 Å². The lowest BCUT2D eigenvalue weighted by Crippen LogP contribution is -2.24. The molecule has 4 aromatic carbocycles. The predicted molar refractivity (Wildman–Crippen MR) is 173 cm³/mol. The van der Waals surface area contributed by atoms with Gasteiger partial charge in [0.15, 0.2) is 5.82 Å². The number of benzene rings is 4. The van der Waals surface area contributed by atoms with Crippen LogP contribution in [0, 0.1) is 6.92 Å².